The highest BCUT2D eigenvalue weighted by Gasteiger charge is 2.24. The Morgan fingerprint density at radius 1 is 1.10 bits per heavy atom. The van der Waals surface area contributed by atoms with Gasteiger partial charge in [0.25, 0.3) is 0 Å². The molecule has 0 aliphatic carbocycles. The molecule has 1 N–H and O–H groups in total. The van der Waals surface area contributed by atoms with Crippen molar-refractivity contribution in [3.63, 3.8) is 0 Å². The quantitative estimate of drug-likeness (QED) is 0.834. The zero-order chi connectivity index (χ0) is 15.0. The maximum absolute atomic E-state index is 12.7. The van der Waals surface area contributed by atoms with Gasteiger partial charge >= 0.3 is 5.97 Å². The summed E-state index contributed by atoms with van der Waals surface area (Å²) in [7, 11) is 0. The summed E-state index contributed by atoms with van der Waals surface area (Å²) >= 11 is 4.72. The van der Waals surface area contributed by atoms with E-state index in [-0.39, 0.29) is 16.9 Å². The van der Waals surface area contributed by atoms with Gasteiger partial charge in [0.1, 0.15) is 0 Å². The fraction of sp³-hybridized carbons (Fsp3) is 0.200. The van der Waals surface area contributed by atoms with Crippen LogP contribution >= 0.6 is 27.3 Å². The van der Waals surface area contributed by atoms with Gasteiger partial charge in [0.2, 0.25) is 5.78 Å². The van der Waals surface area contributed by atoms with Gasteiger partial charge in [-0.25, -0.2) is 4.79 Å². The van der Waals surface area contributed by atoms with E-state index in [1.165, 1.54) is 11.3 Å². The van der Waals surface area contributed by atoms with E-state index in [1.807, 2.05) is 13.0 Å². The lowest BCUT2D eigenvalue weighted by molar-refractivity contribution is 0.0692. The van der Waals surface area contributed by atoms with Gasteiger partial charge in [0.15, 0.2) is 0 Å². The normalized spacial score (nSPS) is 10.6. The third-order valence-corrected chi connectivity index (χ3v) is 5.02. The van der Waals surface area contributed by atoms with Gasteiger partial charge in [-0.2, -0.15) is 0 Å². The Morgan fingerprint density at radius 3 is 2.10 bits per heavy atom. The summed E-state index contributed by atoms with van der Waals surface area (Å²) in [6.07, 6.45) is 0. The van der Waals surface area contributed by atoms with Crippen LogP contribution in [0, 0.1) is 20.8 Å². The summed E-state index contributed by atoms with van der Waals surface area (Å²) in [6, 6.07) is 5.37. The van der Waals surface area contributed by atoms with Crippen molar-refractivity contribution in [2.24, 2.45) is 0 Å². The zero-order valence-electron chi connectivity index (χ0n) is 11.3. The highest BCUT2D eigenvalue weighted by atomic mass is 79.9. The van der Waals surface area contributed by atoms with Crippen LogP contribution in [0.25, 0.3) is 0 Å². The minimum atomic E-state index is -1.07. The average molecular weight is 353 g/mol. The Morgan fingerprint density at radius 2 is 1.65 bits per heavy atom. The van der Waals surface area contributed by atoms with E-state index >= 15 is 0 Å². The first kappa shape index (κ1) is 14.9. The van der Waals surface area contributed by atoms with Crippen LogP contribution in [-0.4, -0.2) is 16.9 Å². The third-order valence-electron chi connectivity index (χ3n) is 3.08. The van der Waals surface area contributed by atoms with Crippen LogP contribution in [0.4, 0.5) is 0 Å². The first-order chi connectivity index (χ1) is 9.32. The van der Waals surface area contributed by atoms with E-state index < -0.39 is 5.97 Å². The maximum atomic E-state index is 12.7. The molecule has 0 unspecified atom stereocenters. The third kappa shape index (κ3) is 2.55. The molecule has 2 aromatic rings. The largest absolute Gasteiger partial charge is 0.478 e. The van der Waals surface area contributed by atoms with Crippen molar-refractivity contribution in [3.05, 3.63) is 54.7 Å². The predicted molar refractivity (Wildman–Crippen MR) is 83.1 cm³/mol. The summed E-state index contributed by atoms with van der Waals surface area (Å²) < 4.78 is 0.710. The lowest BCUT2D eigenvalue weighted by Gasteiger charge is -2.11. The van der Waals surface area contributed by atoms with Crippen molar-refractivity contribution in [1.82, 2.24) is 0 Å². The molecule has 1 aromatic carbocycles. The SMILES string of the molecule is Cc1cc(Br)c(C(=O)c2c(C)ccc(C)c2C(=O)O)s1. The Kier molecular flexibility index (Phi) is 4.11. The van der Waals surface area contributed by atoms with Crippen molar-refractivity contribution in [3.8, 4) is 0 Å². The molecule has 0 spiro atoms. The number of aromatic carboxylic acids is 1. The number of benzene rings is 1. The molecule has 20 heavy (non-hydrogen) atoms. The van der Waals surface area contributed by atoms with E-state index in [0.717, 1.165) is 4.88 Å². The number of carboxylic acids is 1. The lowest BCUT2D eigenvalue weighted by atomic mass is 9.93. The Bertz CT molecular complexity index is 716. The highest BCUT2D eigenvalue weighted by molar-refractivity contribution is 9.10. The predicted octanol–water partition coefficient (Wildman–Crippen LogP) is 4.37. The molecule has 5 heteroatoms. The summed E-state index contributed by atoms with van der Waals surface area (Å²) in [4.78, 5) is 25.7. The molecule has 0 bridgehead atoms. The number of halogens is 1. The van der Waals surface area contributed by atoms with Gasteiger partial charge < -0.3 is 5.11 Å². The molecule has 0 saturated heterocycles. The molecular weight excluding hydrogens is 340 g/mol. The minimum absolute atomic E-state index is 0.0907. The topological polar surface area (TPSA) is 54.4 Å². The van der Waals surface area contributed by atoms with Gasteiger partial charge in [-0.1, -0.05) is 12.1 Å². The van der Waals surface area contributed by atoms with Crippen LogP contribution in [-0.2, 0) is 0 Å². The molecule has 1 heterocycles. The van der Waals surface area contributed by atoms with Crippen molar-refractivity contribution in [1.29, 1.82) is 0 Å². The number of aryl methyl sites for hydroxylation is 3. The number of thiophene rings is 1. The Balaban J connectivity index is 2.69. The van der Waals surface area contributed by atoms with E-state index in [4.69, 9.17) is 0 Å². The van der Waals surface area contributed by atoms with E-state index in [1.54, 1.807) is 26.0 Å². The van der Waals surface area contributed by atoms with Gasteiger partial charge in [0, 0.05) is 14.9 Å². The van der Waals surface area contributed by atoms with Crippen LogP contribution < -0.4 is 0 Å². The molecule has 0 aliphatic rings. The van der Waals surface area contributed by atoms with Crippen LogP contribution in [0.2, 0.25) is 0 Å². The van der Waals surface area contributed by atoms with Crippen LogP contribution in [0.15, 0.2) is 22.7 Å². The second-order valence-corrected chi connectivity index (χ2v) is 6.73. The number of carbonyl (C=O) groups is 2. The molecule has 1 aromatic heterocycles. The van der Waals surface area contributed by atoms with Crippen molar-refractivity contribution in [2.45, 2.75) is 20.8 Å². The minimum Gasteiger partial charge on any atom is -0.478 e. The first-order valence-corrected chi connectivity index (χ1v) is 7.58. The maximum Gasteiger partial charge on any atom is 0.336 e. The van der Waals surface area contributed by atoms with Crippen molar-refractivity contribution < 1.29 is 14.7 Å². The fourth-order valence-electron chi connectivity index (χ4n) is 2.13. The Labute approximate surface area is 129 Å². The Hall–Kier alpha value is -1.46. The number of carbonyl (C=O) groups excluding carboxylic acids is 1. The van der Waals surface area contributed by atoms with E-state index in [0.29, 0.717) is 20.5 Å². The number of carboxylic acid groups (broad SMARTS) is 1. The smallest absolute Gasteiger partial charge is 0.336 e. The standard InChI is InChI=1S/C15H13BrO3S/c1-7-4-5-8(2)12(15(18)19)11(7)13(17)14-10(16)6-9(3)20-14/h4-6H,1-3H3,(H,18,19). The van der Waals surface area contributed by atoms with Crippen LogP contribution in [0.1, 0.15) is 41.6 Å². The zero-order valence-corrected chi connectivity index (χ0v) is 13.7. The second-order valence-electron chi connectivity index (χ2n) is 4.62. The van der Waals surface area contributed by atoms with E-state index in [2.05, 4.69) is 15.9 Å². The summed E-state index contributed by atoms with van der Waals surface area (Å²) in [5.41, 5.74) is 1.64. The molecule has 2 rings (SSSR count). The van der Waals surface area contributed by atoms with Crippen LogP contribution in [0.3, 0.4) is 0 Å². The molecule has 0 radical (unpaired) electrons. The summed E-state index contributed by atoms with van der Waals surface area (Å²) in [5.74, 6) is -1.31. The molecule has 104 valence electrons. The van der Waals surface area contributed by atoms with Crippen LogP contribution in [0.5, 0.6) is 0 Å². The number of rotatable bonds is 3. The number of hydrogen-bond acceptors (Lipinski definition) is 3. The molecule has 0 fully saturated rings. The molecule has 3 nitrogen and oxygen atoms in total. The highest BCUT2D eigenvalue weighted by Crippen LogP contribution is 2.31. The van der Waals surface area contributed by atoms with Gasteiger partial charge in [-0.15, -0.1) is 11.3 Å². The van der Waals surface area contributed by atoms with Crippen molar-refractivity contribution in [2.75, 3.05) is 0 Å². The molecule has 0 aliphatic heterocycles. The van der Waals surface area contributed by atoms with E-state index in [9.17, 15) is 14.7 Å². The van der Waals surface area contributed by atoms with Gasteiger partial charge in [-0.05, 0) is 53.9 Å². The molecular formula is C15H13BrO3S. The van der Waals surface area contributed by atoms with Crippen molar-refractivity contribution >= 4 is 39.0 Å². The second kappa shape index (κ2) is 5.50. The molecule has 0 atom stereocenters. The number of ketones is 1. The van der Waals surface area contributed by atoms with Gasteiger partial charge in [0.05, 0.1) is 10.4 Å². The average Bonchev–Trinajstić information content (AvgIpc) is 2.69. The number of hydrogen-bond donors (Lipinski definition) is 1. The lowest BCUT2D eigenvalue weighted by Crippen LogP contribution is -2.13. The molecule has 0 saturated carbocycles. The molecule has 0 amide bonds. The first-order valence-electron chi connectivity index (χ1n) is 5.97. The summed E-state index contributed by atoms with van der Waals surface area (Å²) in [5, 5.41) is 9.38. The monoisotopic (exact) mass is 352 g/mol. The fourth-order valence-corrected chi connectivity index (χ4v) is 3.90. The summed E-state index contributed by atoms with van der Waals surface area (Å²) in [6.45, 7) is 5.37. The van der Waals surface area contributed by atoms with Gasteiger partial charge in [-0.3, -0.25) is 4.79 Å².